The summed E-state index contributed by atoms with van der Waals surface area (Å²) in [6.07, 6.45) is -3.65. The van der Waals surface area contributed by atoms with Crippen molar-refractivity contribution in [2.24, 2.45) is 0 Å². The summed E-state index contributed by atoms with van der Waals surface area (Å²) in [4.78, 5) is 28.4. The third kappa shape index (κ3) is 3.25. The number of hydrogen-bond acceptors (Lipinski definition) is 4. The Morgan fingerprint density at radius 3 is 2.68 bits per heavy atom. The lowest BCUT2D eigenvalue weighted by molar-refractivity contribution is -0.138. The van der Waals surface area contributed by atoms with E-state index < -0.39 is 41.2 Å². The fraction of sp³-hybridized carbons (Fsp3) is 0.154. The molecule has 1 heterocycles. The Morgan fingerprint density at radius 2 is 2.00 bits per heavy atom. The molecule has 1 aromatic heterocycles. The van der Waals surface area contributed by atoms with Crippen molar-refractivity contribution in [1.82, 2.24) is 15.3 Å². The maximum atomic E-state index is 12.8. The molecule has 3 N–H and O–H groups in total. The number of aromatic nitrogens is 2. The number of carbonyl (C=O) groups excluding carboxylic acids is 1. The number of aromatic hydroxyl groups is 1. The molecule has 0 aliphatic heterocycles. The largest absolute Gasteiger partial charge is 0.501 e. The number of carbonyl (C=O) groups is 1. The van der Waals surface area contributed by atoms with Crippen molar-refractivity contribution in [3.05, 3.63) is 57.8 Å². The third-order valence-corrected chi connectivity index (χ3v) is 2.81. The zero-order chi connectivity index (χ0) is 16.3. The molecule has 1 amide bonds. The van der Waals surface area contributed by atoms with Gasteiger partial charge in [-0.15, -0.1) is 0 Å². The summed E-state index contributed by atoms with van der Waals surface area (Å²) >= 11 is 0. The first kappa shape index (κ1) is 15.5. The fourth-order valence-corrected chi connectivity index (χ4v) is 1.77. The van der Waals surface area contributed by atoms with E-state index in [9.17, 15) is 27.9 Å². The second kappa shape index (κ2) is 5.88. The fourth-order valence-electron chi connectivity index (χ4n) is 1.77. The zero-order valence-corrected chi connectivity index (χ0v) is 10.9. The van der Waals surface area contributed by atoms with Crippen molar-refractivity contribution >= 4 is 5.91 Å². The van der Waals surface area contributed by atoms with Gasteiger partial charge in [0.15, 0.2) is 5.69 Å². The topological polar surface area (TPSA) is 95.1 Å². The highest BCUT2D eigenvalue weighted by atomic mass is 19.4. The Kier molecular flexibility index (Phi) is 4.15. The summed E-state index contributed by atoms with van der Waals surface area (Å²) in [6, 6.07) is 4.75. The standard InChI is InChI=1S/C13H10F3N3O3/c14-13(15,16)8-4-2-1-3-7(8)5-17-11(21)9-10(20)12(22)19-6-18-9/h1-4,6,20H,5H2,(H,17,21)(H,18,19,22). The predicted octanol–water partition coefficient (Wildman–Crippen LogP) is 1.42. The van der Waals surface area contributed by atoms with Gasteiger partial charge in [0.1, 0.15) is 0 Å². The molecule has 0 saturated heterocycles. The average molecular weight is 313 g/mol. The van der Waals surface area contributed by atoms with Gasteiger partial charge in [0.25, 0.3) is 11.5 Å². The van der Waals surface area contributed by atoms with Gasteiger partial charge in [0.2, 0.25) is 5.75 Å². The number of nitrogens with one attached hydrogen (secondary N) is 2. The molecule has 22 heavy (non-hydrogen) atoms. The zero-order valence-electron chi connectivity index (χ0n) is 10.9. The van der Waals surface area contributed by atoms with Crippen LogP contribution in [-0.2, 0) is 12.7 Å². The first-order valence-electron chi connectivity index (χ1n) is 6.00. The molecule has 0 bridgehead atoms. The summed E-state index contributed by atoms with van der Waals surface area (Å²) in [6.45, 7) is -0.428. The number of aromatic amines is 1. The SMILES string of the molecule is O=C(NCc1ccccc1C(F)(F)F)c1nc[nH]c(=O)c1O. The highest BCUT2D eigenvalue weighted by Crippen LogP contribution is 2.31. The van der Waals surface area contributed by atoms with Gasteiger partial charge in [-0.2, -0.15) is 13.2 Å². The van der Waals surface area contributed by atoms with E-state index in [1.165, 1.54) is 18.2 Å². The summed E-state index contributed by atoms with van der Waals surface area (Å²) < 4.78 is 38.4. The van der Waals surface area contributed by atoms with Gasteiger partial charge in [-0.25, -0.2) is 4.98 Å². The second-order valence-electron chi connectivity index (χ2n) is 4.27. The van der Waals surface area contributed by atoms with Crippen LogP contribution in [-0.4, -0.2) is 21.0 Å². The summed E-state index contributed by atoms with van der Waals surface area (Å²) in [5, 5.41) is 11.6. The van der Waals surface area contributed by atoms with E-state index in [1.54, 1.807) is 0 Å². The van der Waals surface area contributed by atoms with Crippen molar-refractivity contribution in [3.63, 3.8) is 0 Å². The maximum Gasteiger partial charge on any atom is 0.416 e. The predicted molar refractivity (Wildman–Crippen MR) is 69.1 cm³/mol. The van der Waals surface area contributed by atoms with Crippen LogP contribution >= 0.6 is 0 Å². The van der Waals surface area contributed by atoms with Gasteiger partial charge in [0, 0.05) is 6.54 Å². The highest BCUT2D eigenvalue weighted by Gasteiger charge is 2.32. The molecule has 0 atom stereocenters. The van der Waals surface area contributed by atoms with Crippen LogP contribution in [0.25, 0.3) is 0 Å². The Hall–Kier alpha value is -2.84. The molecule has 0 unspecified atom stereocenters. The molecule has 1 aromatic carbocycles. The molecule has 6 nitrogen and oxygen atoms in total. The number of alkyl halides is 3. The number of rotatable bonds is 3. The second-order valence-corrected chi connectivity index (χ2v) is 4.27. The molecule has 0 spiro atoms. The number of amides is 1. The average Bonchev–Trinajstić information content (AvgIpc) is 2.47. The van der Waals surface area contributed by atoms with Crippen LogP contribution in [0.5, 0.6) is 5.75 Å². The Balaban J connectivity index is 2.19. The van der Waals surface area contributed by atoms with Crippen molar-refractivity contribution < 1.29 is 23.1 Å². The van der Waals surface area contributed by atoms with E-state index in [0.717, 1.165) is 12.4 Å². The quantitative estimate of drug-likeness (QED) is 0.799. The summed E-state index contributed by atoms with van der Waals surface area (Å²) in [5.41, 5.74) is -2.50. The van der Waals surface area contributed by atoms with Crippen LogP contribution in [0.1, 0.15) is 21.6 Å². The molecule has 2 aromatic rings. The molecule has 0 saturated carbocycles. The Morgan fingerprint density at radius 1 is 1.32 bits per heavy atom. The van der Waals surface area contributed by atoms with Crippen LogP contribution in [0.3, 0.4) is 0 Å². The van der Waals surface area contributed by atoms with Gasteiger partial charge in [-0.1, -0.05) is 18.2 Å². The summed E-state index contributed by atoms with van der Waals surface area (Å²) in [5.74, 6) is -1.86. The van der Waals surface area contributed by atoms with Gasteiger partial charge in [-0.05, 0) is 11.6 Å². The summed E-state index contributed by atoms with van der Waals surface area (Å²) in [7, 11) is 0. The molecule has 0 radical (unpaired) electrons. The minimum absolute atomic E-state index is 0.146. The van der Waals surface area contributed by atoms with Crippen LogP contribution in [0.4, 0.5) is 13.2 Å². The van der Waals surface area contributed by atoms with E-state index in [-0.39, 0.29) is 5.56 Å². The molecule has 116 valence electrons. The van der Waals surface area contributed by atoms with Crippen molar-refractivity contribution in [2.75, 3.05) is 0 Å². The highest BCUT2D eigenvalue weighted by molar-refractivity contribution is 5.94. The lowest BCUT2D eigenvalue weighted by Gasteiger charge is -2.13. The number of H-pyrrole nitrogens is 1. The normalized spacial score (nSPS) is 11.2. The van der Waals surface area contributed by atoms with Crippen molar-refractivity contribution in [2.45, 2.75) is 12.7 Å². The van der Waals surface area contributed by atoms with Crippen LogP contribution in [0.15, 0.2) is 35.4 Å². The molecule has 0 fully saturated rings. The molecule has 0 aliphatic rings. The minimum atomic E-state index is -4.55. The Bertz CT molecular complexity index is 756. The van der Waals surface area contributed by atoms with Gasteiger partial charge < -0.3 is 15.4 Å². The van der Waals surface area contributed by atoms with Crippen LogP contribution in [0, 0.1) is 0 Å². The number of hydrogen-bond donors (Lipinski definition) is 3. The minimum Gasteiger partial charge on any atom is -0.501 e. The van der Waals surface area contributed by atoms with Crippen LogP contribution < -0.4 is 10.9 Å². The molecule has 9 heteroatoms. The van der Waals surface area contributed by atoms with Gasteiger partial charge in [0.05, 0.1) is 11.9 Å². The van der Waals surface area contributed by atoms with E-state index in [2.05, 4.69) is 15.3 Å². The smallest absolute Gasteiger partial charge is 0.416 e. The first-order valence-corrected chi connectivity index (χ1v) is 6.00. The lowest BCUT2D eigenvalue weighted by atomic mass is 10.1. The monoisotopic (exact) mass is 313 g/mol. The van der Waals surface area contributed by atoms with Crippen molar-refractivity contribution in [1.29, 1.82) is 0 Å². The first-order chi connectivity index (χ1) is 10.3. The van der Waals surface area contributed by atoms with Crippen LogP contribution in [0.2, 0.25) is 0 Å². The third-order valence-electron chi connectivity index (χ3n) is 2.81. The van der Waals surface area contributed by atoms with Gasteiger partial charge >= 0.3 is 6.18 Å². The Labute approximate surface area is 121 Å². The molecular weight excluding hydrogens is 303 g/mol. The number of nitrogens with zero attached hydrogens (tertiary/aromatic N) is 1. The van der Waals surface area contributed by atoms with E-state index in [4.69, 9.17) is 0 Å². The molecule has 2 rings (SSSR count). The van der Waals surface area contributed by atoms with E-state index >= 15 is 0 Å². The van der Waals surface area contributed by atoms with E-state index in [0.29, 0.717) is 0 Å². The number of halogens is 3. The molecular formula is C13H10F3N3O3. The number of benzene rings is 1. The lowest BCUT2D eigenvalue weighted by Crippen LogP contribution is -2.27. The van der Waals surface area contributed by atoms with Gasteiger partial charge in [-0.3, -0.25) is 9.59 Å². The van der Waals surface area contributed by atoms with E-state index in [1.807, 2.05) is 0 Å². The maximum absolute atomic E-state index is 12.8. The van der Waals surface area contributed by atoms with Crippen molar-refractivity contribution in [3.8, 4) is 5.75 Å². The molecule has 0 aliphatic carbocycles.